The van der Waals surface area contributed by atoms with Gasteiger partial charge in [0.2, 0.25) is 0 Å². The van der Waals surface area contributed by atoms with Crippen molar-refractivity contribution in [2.45, 2.75) is 13.8 Å². The number of hydrogen-bond acceptors (Lipinski definition) is 1. The number of hydrogen-bond donors (Lipinski definition) is 0. The van der Waals surface area contributed by atoms with E-state index in [0.717, 1.165) is 9.36 Å². The van der Waals surface area contributed by atoms with Crippen molar-refractivity contribution in [2.24, 2.45) is 0 Å². The summed E-state index contributed by atoms with van der Waals surface area (Å²) < 4.78 is 6.69. The van der Waals surface area contributed by atoms with Crippen molar-refractivity contribution in [3.05, 3.63) is 29.3 Å². The van der Waals surface area contributed by atoms with Crippen LogP contribution in [0.15, 0.2) is 22.6 Å². The van der Waals surface area contributed by atoms with Gasteiger partial charge in [-0.05, 0) is 0 Å². The Morgan fingerprint density at radius 2 is 2.00 bits per heavy atom. The summed E-state index contributed by atoms with van der Waals surface area (Å²) in [6.07, 6.45) is 0. The minimum atomic E-state index is 1.06. The second kappa shape index (κ2) is 2.80. The maximum atomic E-state index is 5.62. The first-order chi connectivity index (χ1) is 5.68. The molecule has 2 heteroatoms. The molecular weight excluding hydrogens is 255 g/mol. The van der Waals surface area contributed by atoms with Gasteiger partial charge in [0.05, 0.1) is 0 Å². The Kier molecular flexibility index (Phi) is 1.91. The second-order valence-corrected chi connectivity index (χ2v) is 4.44. The molecule has 1 aromatic heterocycles. The molecule has 1 aromatic carbocycles. The van der Waals surface area contributed by atoms with Crippen molar-refractivity contribution in [3.63, 3.8) is 0 Å². The van der Waals surface area contributed by atoms with Crippen LogP contribution in [0, 0.1) is 13.8 Å². The predicted molar refractivity (Wildman–Crippen MR) is 51.1 cm³/mol. The molecule has 1 nitrogen and oxygen atoms in total. The van der Waals surface area contributed by atoms with Crippen LogP contribution >= 0.6 is 0 Å². The van der Waals surface area contributed by atoms with E-state index in [0.29, 0.717) is 0 Å². The van der Waals surface area contributed by atoms with Gasteiger partial charge in [0, 0.05) is 0 Å². The molecule has 0 N–H and O–H groups in total. The Morgan fingerprint density at radius 3 is 2.75 bits per heavy atom. The summed E-state index contributed by atoms with van der Waals surface area (Å²) in [4.78, 5) is 0. The van der Waals surface area contributed by atoms with Crippen molar-refractivity contribution < 1.29 is 4.42 Å². The zero-order chi connectivity index (χ0) is 8.72. The third-order valence-electron chi connectivity index (χ3n) is 2.21. The standard InChI is InChI=1S/C10H9O.Sn/c1-7-3-4-9-5-6-11-10(9)8(7)2;/h3-5H,1-2H3;. The molecule has 3 radical (unpaired) electrons. The van der Waals surface area contributed by atoms with Gasteiger partial charge in [-0.1, -0.05) is 0 Å². The number of rotatable bonds is 0. The molecule has 0 bridgehead atoms. The fourth-order valence-electron chi connectivity index (χ4n) is 1.34. The zero-order valence-electron chi connectivity index (χ0n) is 7.14. The minimum absolute atomic E-state index is 1.06. The van der Waals surface area contributed by atoms with Gasteiger partial charge in [-0.15, -0.1) is 0 Å². The molecule has 0 fully saturated rings. The molecular formula is C10H9OSn. The molecule has 0 aliphatic carbocycles. The molecule has 0 aliphatic rings. The summed E-state index contributed by atoms with van der Waals surface area (Å²) in [5, 5.41) is 1.23. The Balaban J connectivity index is 2.89. The van der Waals surface area contributed by atoms with E-state index in [2.05, 4.69) is 32.0 Å². The monoisotopic (exact) mass is 265 g/mol. The van der Waals surface area contributed by atoms with E-state index >= 15 is 0 Å². The number of benzene rings is 1. The van der Waals surface area contributed by atoms with Crippen LogP contribution in [-0.4, -0.2) is 22.5 Å². The van der Waals surface area contributed by atoms with Crippen molar-refractivity contribution >= 4 is 37.3 Å². The Morgan fingerprint density at radius 1 is 1.25 bits per heavy atom. The van der Waals surface area contributed by atoms with E-state index in [1.807, 2.05) is 0 Å². The first-order valence-electron chi connectivity index (χ1n) is 3.90. The van der Waals surface area contributed by atoms with E-state index in [1.54, 1.807) is 0 Å². The third kappa shape index (κ3) is 1.16. The summed E-state index contributed by atoms with van der Waals surface area (Å²) in [5.74, 6) is 0. The molecule has 2 rings (SSSR count). The molecule has 0 unspecified atom stereocenters. The van der Waals surface area contributed by atoms with Gasteiger partial charge in [-0.25, -0.2) is 0 Å². The van der Waals surface area contributed by atoms with Crippen molar-refractivity contribution in [3.8, 4) is 0 Å². The molecule has 0 aliphatic heterocycles. The van der Waals surface area contributed by atoms with Gasteiger partial charge in [-0.3, -0.25) is 0 Å². The van der Waals surface area contributed by atoms with Gasteiger partial charge in [0.25, 0.3) is 0 Å². The van der Waals surface area contributed by atoms with Crippen molar-refractivity contribution in [2.75, 3.05) is 0 Å². The summed E-state index contributed by atoms with van der Waals surface area (Å²) >= 11 is 1.34. The van der Waals surface area contributed by atoms with Crippen LogP contribution in [0.1, 0.15) is 11.1 Å². The van der Waals surface area contributed by atoms with Gasteiger partial charge in [0.15, 0.2) is 0 Å². The van der Waals surface area contributed by atoms with Gasteiger partial charge < -0.3 is 0 Å². The molecule has 0 amide bonds. The van der Waals surface area contributed by atoms with Crippen LogP contribution in [0.3, 0.4) is 0 Å². The van der Waals surface area contributed by atoms with Crippen molar-refractivity contribution in [1.29, 1.82) is 0 Å². The zero-order valence-corrected chi connectivity index (χ0v) is 9.99. The van der Waals surface area contributed by atoms with Crippen LogP contribution in [0.5, 0.6) is 0 Å². The van der Waals surface area contributed by atoms with E-state index in [9.17, 15) is 0 Å². The van der Waals surface area contributed by atoms with Crippen LogP contribution in [0.25, 0.3) is 11.0 Å². The van der Waals surface area contributed by atoms with Crippen LogP contribution < -0.4 is 3.78 Å². The maximum absolute atomic E-state index is 5.62. The van der Waals surface area contributed by atoms with Gasteiger partial charge in [0.1, 0.15) is 0 Å². The first-order valence-corrected chi connectivity index (χ1v) is 5.32. The first kappa shape index (κ1) is 8.17. The summed E-state index contributed by atoms with van der Waals surface area (Å²) in [5.41, 5.74) is 3.62. The average molecular weight is 264 g/mol. The normalized spacial score (nSPS) is 10.9. The van der Waals surface area contributed by atoms with E-state index in [1.165, 1.54) is 39.0 Å². The molecule has 0 spiro atoms. The predicted octanol–water partition coefficient (Wildman–Crippen LogP) is 1.84. The quantitative estimate of drug-likeness (QED) is 0.662. The van der Waals surface area contributed by atoms with Gasteiger partial charge >= 0.3 is 84.9 Å². The fraction of sp³-hybridized carbons (Fsp3) is 0.200. The SMILES string of the molecule is Cc1ccc2c[c]([Sn])oc2c1C. The Labute approximate surface area is 84.8 Å². The third-order valence-corrected chi connectivity index (χ3v) is 2.91. The van der Waals surface area contributed by atoms with Crippen LogP contribution in [0.2, 0.25) is 0 Å². The van der Waals surface area contributed by atoms with Crippen LogP contribution in [0.4, 0.5) is 0 Å². The van der Waals surface area contributed by atoms with E-state index in [4.69, 9.17) is 4.42 Å². The summed E-state index contributed by atoms with van der Waals surface area (Å²) in [6, 6.07) is 6.37. The average Bonchev–Trinajstić information content (AvgIpc) is 2.39. The molecule has 1 heterocycles. The Hall–Kier alpha value is -0.441. The molecule has 59 valence electrons. The molecule has 0 atom stereocenters. The summed E-state index contributed by atoms with van der Waals surface area (Å²) in [6.45, 7) is 4.22. The molecule has 0 saturated heterocycles. The molecule has 12 heavy (non-hydrogen) atoms. The van der Waals surface area contributed by atoms with E-state index in [-0.39, 0.29) is 0 Å². The van der Waals surface area contributed by atoms with Crippen LogP contribution in [-0.2, 0) is 0 Å². The molecule has 0 saturated carbocycles. The summed E-state index contributed by atoms with van der Waals surface area (Å²) in [7, 11) is 0. The van der Waals surface area contributed by atoms with Gasteiger partial charge in [-0.2, -0.15) is 0 Å². The fourth-order valence-corrected chi connectivity index (χ4v) is 2.08. The number of furan rings is 1. The van der Waals surface area contributed by atoms with Crippen molar-refractivity contribution in [1.82, 2.24) is 0 Å². The second-order valence-electron chi connectivity index (χ2n) is 3.04. The number of fused-ring (bicyclic) bond motifs is 1. The number of aryl methyl sites for hydroxylation is 2. The topological polar surface area (TPSA) is 13.1 Å². The van der Waals surface area contributed by atoms with E-state index < -0.39 is 0 Å². The Bertz CT molecular complexity index is 429. The molecule has 2 aromatic rings.